The molecule has 2 amide bonds. The summed E-state index contributed by atoms with van der Waals surface area (Å²) in [7, 11) is -2.18. The molecule has 0 heterocycles. The Balaban J connectivity index is 1.53. The minimum atomic E-state index is -3.74. The molecule has 1 saturated carbocycles. The zero-order chi connectivity index (χ0) is 23.5. The topological polar surface area (TPSA) is 114 Å². The van der Waals surface area contributed by atoms with E-state index in [-0.39, 0.29) is 35.7 Å². The normalized spacial score (nSPS) is 13.5. The summed E-state index contributed by atoms with van der Waals surface area (Å²) in [5.41, 5.74) is 3.21. The van der Waals surface area contributed by atoms with Gasteiger partial charge in [0, 0.05) is 30.3 Å². The van der Waals surface area contributed by atoms with Crippen LogP contribution in [-0.4, -0.2) is 40.4 Å². The van der Waals surface area contributed by atoms with Crippen LogP contribution >= 0.6 is 0 Å². The molecule has 0 saturated heterocycles. The Morgan fingerprint density at radius 3 is 2.28 bits per heavy atom. The average molecular weight is 460 g/mol. The maximum atomic E-state index is 12.8. The number of carbonyl (C=O) groups is 2. The molecule has 2 aromatic rings. The average Bonchev–Trinajstić information content (AvgIpc) is 3.60. The van der Waals surface area contributed by atoms with E-state index < -0.39 is 10.0 Å². The summed E-state index contributed by atoms with van der Waals surface area (Å²) in [6, 6.07) is 8.18. The Morgan fingerprint density at radius 2 is 1.69 bits per heavy atom. The van der Waals surface area contributed by atoms with Crippen LogP contribution in [-0.2, 0) is 14.8 Å². The Morgan fingerprint density at radius 1 is 1.03 bits per heavy atom. The summed E-state index contributed by atoms with van der Waals surface area (Å²) in [5.74, 6) is 0.465. The summed E-state index contributed by atoms with van der Waals surface area (Å²) in [6.45, 7) is 5.54. The highest BCUT2D eigenvalue weighted by atomic mass is 32.2. The van der Waals surface area contributed by atoms with E-state index in [1.54, 1.807) is 51.3 Å². The lowest BCUT2D eigenvalue weighted by molar-refractivity contribution is -0.117. The number of benzene rings is 2. The molecule has 0 radical (unpaired) electrons. The SMILES string of the molecule is COc1c(C)cc(S(=O)(=O)NCCNC(=O)c2ccc(NC(=O)C3CC3)cc2)c(C)c1C. The summed E-state index contributed by atoms with van der Waals surface area (Å²) >= 11 is 0. The van der Waals surface area contributed by atoms with E-state index in [9.17, 15) is 18.0 Å². The van der Waals surface area contributed by atoms with Crippen molar-refractivity contribution in [1.29, 1.82) is 0 Å². The van der Waals surface area contributed by atoms with Crippen molar-refractivity contribution in [3.63, 3.8) is 0 Å². The number of anilines is 1. The fourth-order valence-corrected chi connectivity index (χ4v) is 4.86. The van der Waals surface area contributed by atoms with E-state index >= 15 is 0 Å². The summed E-state index contributed by atoms with van der Waals surface area (Å²) in [5, 5.41) is 5.51. The highest BCUT2D eigenvalue weighted by Crippen LogP contribution is 2.31. The molecule has 32 heavy (non-hydrogen) atoms. The fourth-order valence-electron chi connectivity index (χ4n) is 3.45. The molecule has 2 aromatic carbocycles. The number of hydrogen-bond donors (Lipinski definition) is 3. The van der Waals surface area contributed by atoms with Gasteiger partial charge in [-0.2, -0.15) is 0 Å². The molecular weight excluding hydrogens is 430 g/mol. The number of sulfonamides is 1. The number of carbonyl (C=O) groups excluding carboxylic acids is 2. The first-order valence-corrected chi connectivity index (χ1v) is 12.0. The number of nitrogens with one attached hydrogen (secondary N) is 3. The molecule has 9 heteroatoms. The molecule has 1 aliphatic carbocycles. The number of ether oxygens (including phenoxy) is 1. The highest BCUT2D eigenvalue weighted by Gasteiger charge is 2.29. The molecule has 3 N–H and O–H groups in total. The van der Waals surface area contributed by atoms with Crippen LogP contribution in [0.5, 0.6) is 5.75 Å². The van der Waals surface area contributed by atoms with Gasteiger partial charge < -0.3 is 15.4 Å². The zero-order valence-corrected chi connectivity index (χ0v) is 19.6. The van der Waals surface area contributed by atoms with Crippen molar-refractivity contribution in [1.82, 2.24) is 10.0 Å². The Labute approximate surface area is 188 Å². The minimum absolute atomic E-state index is 0.00645. The van der Waals surface area contributed by atoms with Crippen molar-refractivity contribution in [3.05, 3.63) is 52.6 Å². The van der Waals surface area contributed by atoms with Crippen LogP contribution in [0.3, 0.4) is 0 Å². The van der Waals surface area contributed by atoms with Crippen LogP contribution in [0, 0.1) is 26.7 Å². The van der Waals surface area contributed by atoms with E-state index in [1.807, 2.05) is 6.92 Å². The quantitative estimate of drug-likeness (QED) is 0.499. The van der Waals surface area contributed by atoms with Crippen LogP contribution < -0.4 is 20.1 Å². The van der Waals surface area contributed by atoms with Gasteiger partial charge in [0.25, 0.3) is 5.91 Å². The van der Waals surface area contributed by atoms with Crippen molar-refractivity contribution in [3.8, 4) is 5.75 Å². The standard InChI is InChI=1S/C23H29N3O5S/c1-14-13-20(15(2)16(3)21(14)31-4)32(29,30)25-12-11-24-22(27)17-7-9-19(10-8-17)26-23(28)18-5-6-18/h7-10,13,18,25H,5-6,11-12H2,1-4H3,(H,24,27)(H,26,28). The number of rotatable bonds is 9. The van der Waals surface area contributed by atoms with Gasteiger partial charge >= 0.3 is 0 Å². The van der Waals surface area contributed by atoms with Gasteiger partial charge in [0.15, 0.2) is 0 Å². The monoisotopic (exact) mass is 459 g/mol. The lowest BCUT2D eigenvalue weighted by Crippen LogP contribution is -2.35. The van der Waals surface area contributed by atoms with E-state index in [4.69, 9.17) is 4.74 Å². The Kier molecular flexibility index (Phi) is 7.20. The van der Waals surface area contributed by atoms with Crippen molar-refractivity contribution in [2.45, 2.75) is 38.5 Å². The summed E-state index contributed by atoms with van der Waals surface area (Å²) in [6.07, 6.45) is 1.85. The van der Waals surface area contributed by atoms with Crippen LogP contribution in [0.2, 0.25) is 0 Å². The zero-order valence-electron chi connectivity index (χ0n) is 18.7. The molecule has 0 aliphatic heterocycles. The largest absolute Gasteiger partial charge is 0.496 e. The Bertz CT molecular complexity index is 1120. The van der Waals surface area contributed by atoms with Crippen LogP contribution in [0.15, 0.2) is 35.2 Å². The van der Waals surface area contributed by atoms with Crippen molar-refractivity contribution < 1.29 is 22.7 Å². The Hall–Kier alpha value is -2.91. The first-order valence-electron chi connectivity index (χ1n) is 10.5. The molecule has 172 valence electrons. The van der Waals surface area contributed by atoms with Gasteiger partial charge in [0.05, 0.1) is 12.0 Å². The van der Waals surface area contributed by atoms with Gasteiger partial charge in [-0.1, -0.05) is 0 Å². The third-order valence-electron chi connectivity index (χ3n) is 5.54. The third-order valence-corrected chi connectivity index (χ3v) is 7.12. The molecule has 0 bridgehead atoms. The molecule has 1 aliphatic rings. The second kappa shape index (κ2) is 9.70. The first-order chi connectivity index (χ1) is 15.1. The smallest absolute Gasteiger partial charge is 0.251 e. The second-order valence-electron chi connectivity index (χ2n) is 7.97. The van der Waals surface area contributed by atoms with Gasteiger partial charge in [-0.25, -0.2) is 13.1 Å². The van der Waals surface area contributed by atoms with Crippen LogP contribution in [0.25, 0.3) is 0 Å². The fraction of sp³-hybridized carbons (Fsp3) is 0.391. The van der Waals surface area contributed by atoms with Gasteiger partial charge in [0.1, 0.15) is 5.75 Å². The van der Waals surface area contributed by atoms with Crippen LogP contribution in [0.1, 0.15) is 39.9 Å². The predicted molar refractivity (Wildman–Crippen MR) is 123 cm³/mol. The molecule has 8 nitrogen and oxygen atoms in total. The molecule has 0 aromatic heterocycles. The van der Waals surface area contributed by atoms with E-state index in [2.05, 4.69) is 15.4 Å². The van der Waals surface area contributed by atoms with E-state index in [1.165, 1.54) is 0 Å². The maximum absolute atomic E-state index is 12.8. The van der Waals surface area contributed by atoms with Crippen molar-refractivity contribution >= 4 is 27.5 Å². The number of methoxy groups -OCH3 is 1. The van der Waals surface area contributed by atoms with E-state index in [0.29, 0.717) is 22.6 Å². The predicted octanol–water partition coefficient (Wildman–Crippen LogP) is 2.68. The van der Waals surface area contributed by atoms with Crippen molar-refractivity contribution in [2.75, 3.05) is 25.5 Å². The summed E-state index contributed by atoms with van der Waals surface area (Å²) in [4.78, 5) is 24.3. The number of hydrogen-bond acceptors (Lipinski definition) is 5. The van der Waals surface area contributed by atoms with Gasteiger partial charge in [-0.15, -0.1) is 0 Å². The molecule has 0 spiro atoms. The second-order valence-corrected chi connectivity index (χ2v) is 9.70. The summed E-state index contributed by atoms with van der Waals surface area (Å²) < 4.78 is 33.4. The molecule has 3 rings (SSSR count). The van der Waals surface area contributed by atoms with Gasteiger partial charge in [-0.3, -0.25) is 9.59 Å². The third kappa shape index (κ3) is 5.46. The lowest BCUT2D eigenvalue weighted by Gasteiger charge is -2.16. The van der Waals surface area contributed by atoms with Crippen LogP contribution in [0.4, 0.5) is 5.69 Å². The highest BCUT2D eigenvalue weighted by molar-refractivity contribution is 7.89. The van der Waals surface area contributed by atoms with E-state index in [0.717, 1.165) is 24.0 Å². The molecule has 0 unspecified atom stereocenters. The van der Waals surface area contributed by atoms with Crippen molar-refractivity contribution in [2.24, 2.45) is 5.92 Å². The molecule has 0 atom stereocenters. The number of aryl methyl sites for hydroxylation is 1. The molecule has 1 fully saturated rings. The lowest BCUT2D eigenvalue weighted by atomic mass is 10.1. The number of amides is 2. The maximum Gasteiger partial charge on any atom is 0.251 e. The van der Waals surface area contributed by atoms with Gasteiger partial charge in [0.2, 0.25) is 15.9 Å². The van der Waals surface area contributed by atoms with Gasteiger partial charge in [-0.05, 0) is 80.6 Å². The minimum Gasteiger partial charge on any atom is -0.496 e. The first kappa shape index (κ1) is 23.7. The molecular formula is C23H29N3O5S.